The molecule has 3 rings (SSSR count). The van der Waals surface area contributed by atoms with Gasteiger partial charge < -0.3 is 0 Å². The van der Waals surface area contributed by atoms with Crippen molar-refractivity contribution in [2.45, 2.75) is 20.8 Å². The number of rotatable bonds is 2. The van der Waals surface area contributed by atoms with Gasteiger partial charge in [0.15, 0.2) is 0 Å². The van der Waals surface area contributed by atoms with Crippen molar-refractivity contribution in [1.29, 1.82) is 0 Å². The van der Waals surface area contributed by atoms with Crippen LogP contribution < -0.4 is 0 Å². The molecule has 0 spiro atoms. The average Bonchev–Trinajstić information content (AvgIpc) is 2.92. The Morgan fingerprint density at radius 1 is 0.905 bits per heavy atom. The van der Waals surface area contributed by atoms with E-state index in [1.54, 1.807) is 11.3 Å². The zero-order valence-corrected chi connectivity index (χ0v) is 14.7. The zero-order chi connectivity index (χ0) is 15.0. The Morgan fingerprint density at radius 2 is 1.62 bits per heavy atom. The fourth-order valence-electron chi connectivity index (χ4n) is 2.39. The van der Waals surface area contributed by atoms with Crippen molar-refractivity contribution in [3.8, 4) is 21.8 Å². The fraction of sp³-hybridized carbons (Fsp3) is 0.167. The molecule has 1 aromatic heterocycles. The smallest absolute Gasteiger partial charge is 0.125 e. The quantitative estimate of drug-likeness (QED) is 0.534. The Hall–Kier alpha value is -1.45. The lowest BCUT2D eigenvalue weighted by Crippen LogP contribution is -1.89. The first-order chi connectivity index (χ1) is 10.1. The van der Waals surface area contributed by atoms with Crippen LogP contribution >= 0.6 is 27.3 Å². The minimum atomic E-state index is 1.05. The summed E-state index contributed by atoms with van der Waals surface area (Å²) in [5.41, 5.74) is 7.36. The van der Waals surface area contributed by atoms with Crippen LogP contribution in [0.5, 0.6) is 0 Å². The van der Waals surface area contributed by atoms with Crippen LogP contribution in [0.3, 0.4) is 0 Å². The molecule has 0 aliphatic heterocycles. The van der Waals surface area contributed by atoms with E-state index in [-0.39, 0.29) is 0 Å². The number of aryl methyl sites for hydroxylation is 3. The highest BCUT2D eigenvalue weighted by Gasteiger charge is 2.11. The molecule has 0 bridgehead atoms. The highest BCUT2D eigenvalue weighted by molar-refractivity contribution is 9.10. The SMILES string of the molecule is Cc1cc(C)c(-c2csc(-c3ccccc3Br)n2)cc1C. The summed E-state index contributed by atoms with van der Waals surface area (Å²) in [6.07, 6.45) is 0. The Bertz CT molecular complexity index is 805. The summed E-state index contributed by atoms with van der Waals surface area (Å²) in [6.45, 7) is 6.46. The monoisotopic (exact) mass is 357 g/mol. The van der Waals surface area contributed by atoms with Crippen LogP contribution in [0.15, 0.2) is 46.3 Å². The van der Waals surface area contributed by atoms with Crippen molar-refractivity contribution in [2.75, 3.05) is 0 Å². The van der Waals surface area contributed by atoms with Crippen molar-refractivity contribution < 1.29 is 0 Å². The van der Waals surface area contributed by atoms with E-state index in [1.165, 1.54) is 22.3 Å². The van der Waals surface area contributed by atoms with Crippen molar-refractivity contribution in [3.63, 3.8) is 0 Å². The number of nitrogens with zero attached hydrogens (tertiary/aromatic N) is 1. The van der Waals surface area contributed by atoms with E-state index >= 15 is 0 Å². The Morgan fingerprint density at radius 3 is 2.38 bits per heavy atom. The Kier molecular flexibility index (Phi) is 3.96. The zero-order valence-electron chi connectivity index (χ0n) is 12.3. The molecule has 0 amide bonds. The highest BCUT2D eigenvalue weighted by Crippen LogP contribution is 2.34. The lowest BCUT2D eigenvalue weighted by Gasteiger charge is -2.07. The lowest BCUT2D eigenvalue weighted by atomic mass is 9.99. The molecule has 0 radical (unpaired) electrons. The predicted molar refractivity (Wildman–Crippen MR) is 94.9 cm³/mol. The van der Waals surface area contributed by atoms with Crippen LogP contribution in [0.4, 0.5) is 0 Å². The van der Waals surface area contributed by atoms with Gasteiger partial charge in [-0.1, -0.05) is 40.2 Å². The number of benzene rings is 2. The summed E-state index contributed by atoms with van der Waals surface area (Å²) < 4.78 is 1.09. The van der Waals surface area contributed by atoms with Gasteiger partial charge in [0.05, 0.1) is 5.69 Å². The molecule has 0 fully saturated rings. The van der Waals surface area contributed by atoms with Gasteiger partial charge in [-0.15, -0.1) is 11.3 Å². The molecule has 1 heterocycles. The van der Waals surface area contributed by atoms with Gasteiger partial charge in [-0.3, -0.25) is 0 Å². The summed E-state index contributed by atoms with van der Waals surface area (Å²) in [5.74, 6) is 0. The summed E-state index contributed by atoms with van der Waals surface area (Å²) in [5, 5.41) is 3.20. The first-order valence-electron chi connectivity index (χ1n) is 6.85. The van der Waals surface area contributed by atoms with E-state index < -0.39 is 0 Å². The number of hydrogen-bond donors (Lipinski definition) is 0. The van der Waals surface area contributed by atoms with Crippen LogP contribution in [0.25, 0.3) is 21.8 Å². The average molecular weight is 358 g/mol. The molecule has 0 unspecified atom stereocenters. The van der Waals surface area contributed by atoms with Gasteiger partial charge in [0.1, 0.15) is 5.01 Å². The van der Waals surface area contributed by atoms with Gasteiger partial charge in [-0.25, -0.2) is 4.98 Å². The van der Waals surface area contributed by atoms with Gasteiger partial charge in [0.2, 0.25) is 0 Å². The van der Waals surface area contributed by atoms with Crippen molar-refractivity contribution in [2.24, 2.45) is 0 Å². The number of halogens is 1. The number of thiazole rings is 1. The van der Waals surface area contributed by atoms with Crippen molar-refractivity contribution >= 4 is 27.3 Å². The van der Waals surface area contributed by atoms with Crippen molar-refractivity contribution in [3.05, 3.63) is 62.9 Å². The second-order valence-electron chi connectivity index (χ2n) is 5.27. The Balaban J connectivity index is 2.07. The standard InChI is InChI=1S/C18H16BrNS/c1-11-8-13(3)15(9-12(11)2)17-10-21-18(20-17)14-6-4-5-7-16(14)19/h4-10H,1-3H3. The van der Waals surface area contributed by atoms with Crippen LogP contribution in [-0.2, 0) is 0 Å². The summed E-state index contributed by atoms with van der Waals surface area (Å²) >= 11 is 5.29. The Labute approximate surface area is 137 Å². The molecule has 2 aromatic carbocycles. The first-order valence-corrected chi connectivity index (χ1v) is 8.52. The van der Waals surface area contributed by atoms with E-state index in [2.05, 4.69) is 66.3 Å². The molecule has 0 atom stereocenters. The predicted octanol–water partition coefficient (Wildman–Crippen LogP) is 6.16. The van der Waals surface area contributed by atoms with Gasteiger partial charge >= 0.3 is 0 Å². The number of aromatic nitrogens is 1. The molecule has 0 aliphatic rings. The van der Waals surface area contributed by atoms with Crippen LogP contribution in [0.1, 0.15) is 16.7 Å². The number of hydrogen-bond acceptors (Lipinski definition) is 2. The third kappa shape index (κ3) is 2.81. The van der Waals surface area contributed by atoms with Gasteiger partial charge in [-0.2, -0.15) is 0 Å². The molecule has 0 aliphatic carbocycles. The molecule has 1 nitrogen and oxygen atoms in total. The van der Waals surface area contributed by atoms with Crippen LogP contribution in [0, 0.1) is 20.8 Å². The van der Waals surface area contributed by atoms with E-state index in [0.717, 1.165) is 20.7 Å². The minimum Gasteiger partial charge on any atom is -0.236 e. The summed E-state index contributed by atoms with van der Waals surface area (Å²) in [6, 6.07) is 12.7. The normalized spacial score (nSPS) is 10.9. The maximum atomic E-state index is 4.83. The molecule has 0 saturated carbocycles. The van der Waals surface area contributed by atoms with Gasteiger partial charge in [-0.05, 0) is 49.6 Å². The third-order valence-electron chi connectivity index (χ3n) is 3.73. The molecule has 3 heteroatoms. The molecule has 106 valence electrons. The topological polar surface area (TPSA) is 12.9 Å². The first kappa shape index (κ1) is 14.5. The second-order valence-corrected chi connectivity index (χ2v) is 6.98. The van der Waals surface area contributed by atoms with E-state index in [0.29, 0.717) is 0 Å². The van der Waals surface area contributed by atoms with E-state index in [9.17, 15) is 0 Å². The van der Waals surface area contributed by atoms with E-state index in [1.807, 2.05) is 12.1 Å². The van der Waals surface area contributed by atoms with Crippen LogP contribution in [0.2, 0.25) is 0 Å². The van der Waals surface area contributed by atoms with Gasteiger partial charge in [0.25, 0.3) is 0 Å². The molecule has 21 heavy (non-hydrogen) atoms. The summed E-state index contributed by atoms with van der Waals surface area (Å²) in [4.78, 5) is 4.83. The fourth-order valence-corrected chi connectivity index (χ4v) is 3.86. The maximum Gasteiger partial charge on any atom is 0.125 e. The molecular weight excluding hydrogens is 342 g/mol. The van der Waals surface area contributed by atoms with Gasteiger partial charge in [0, 0.05) is 21.0 Å². The highest BCUT2D eigenvalue weighted by atomic mass is 79.9. The third-order valence-corrected chi connectivity index (χ3v) is 5.29. The maximum absolute atomic E-state index is 4.83. The molecular formula is C18H16BrNS. The van der Waals surface area contributed by atoms with Crippen LogP contribution in [-0.4, -0.2) is 4.98 Å². The largest absolute Gasteiger partial charge is 0.236 e. The molecule has 0 saturated heterocycles. The summed E-state index contributed by atoms with van der Waals surface area (Å²) in [7, 11) is 0. The lowest BCUT2D eigenvalue weighted by molar-refractivity contribution is 1.28. The second kappa shape index (κ2) is 5.74. The van der Waals surface area contributed by atoms with Crippen molar-refractivity contribution in [1.82, 2.24) is 4.98 Å². The molecule has 3 aromatic rings. The minimum absolute atomic E-state index is 1.05. The van der Waals surface area contributed by atoms with E-state index in [4.69, 9.17) is 4.98 Å². The molecule has 0 N–H and O–H groups in total.